The lowest BCUT2D eigenvalue weighted by Crippen LogP contribution is -1.98. The maximum absolute atomic E-state index is 5.42. The summed E-state index contributed by atoms with van der Waals surface area (Å²) in [6.45, 7) is 5.80. The van der Waals surface area contributed by atoms with E-state index in [1.54, 1.807) is 23.1 Å². The largest absolute Gasteiger partial charge is 0.430 e. The van der Waals surface area contributed by atoms with Crippen molar-refractivity contribution >= 4 is 40.9 Å². The molecule has 0 bridgehead atoms. The summed E-state index contributed by atoms with van der Waals surface area (Å²) in [6.07, 6.45) is 2.06. The Morgan fingerprint density at radius 2 is 2.36 bits per heavy atom. The smallest absolute Gasteiger partial charge is 0.236 e. The van der Waals surface area contributed by atoms with Gasteiger partial charge in [0.1, 0.15) is 0 Å². The average Bonchev–Trinajstić information content (AvgIpc) is 2.71. The van der Waals surface area contributed by atoms with E-state index in [0.29, 0.717) is 11.0 Å². The molecule has 2 heterocycles. The molecule has 0 N–H and O–H groups in total. The molecule has 14 heavy (non-hydrogen) atoms. The van der Waals surface area contributed by atoms with Crippen molar-refractivity contribution in [2.45, 2.75) is 11.1 Å². The Hall–Kier alpha value is -0.390. The highest BCUT2D eigenvalue weighted by molar-refractivity contribution is 8.02. The van der Waals surface area contributed by atoms with E-state index in [2.05, 4.69) is 30.2 Å². The maximum atomic E-state index is 5.42. The molecule has 1 aliphatic heterocycles. The van der Waals surface area contributed by atoms with E-state index in [0.717, 1.165) is 5.56 Å². The average molecular weight is 243 g/mol. The number of rotatable bonds is 2. The van der Waals surface area contributed by atoms with Gasteiger partial charge in [0.05, 0.1) is 21.7 Å². The third-order valence-corrected chi connectivity index (χ3v) is 4.41. The fourth-order valence-electron chi connectivity index (χ4n) is 1.14. The van der Waals surface area contributed by atoms with Crippen LogP contribution in [-0.2, 0) is 4.74 Å². The SMILES string of the molecule is C=C1OC(c2cc(C)sc2SC)=NS1. The van der Waals surface area contributed by atoms with Crippen molar-refractivity contribution in [1.29, 1.82) is 0 Å². The number of hydrogen-bond acceptors (Lipinski definition) is 5. The highest BCUT2D eigenvalue weighted by Crippen LogP contribution is 2.35. The van der Waals surface area contributed by atoms with Crippen LogP contribution in [0, 0.1) is 6.92 Å². The quantitative estimate of drug-likeness (QED) is 0.584. The van der Waals surface area contributed by atoms with Crippen molar-refractivity contribution in [2.75, 3.05) is 6.26 Å². The highest BCUT2D eigenvalue weighted by Gasteiger charge is 2.19. The molecule has 5 heteroatoms. The Labute approximate surface area is 95.6 Å². The molecule has 74 valence electrons. The third kappa shape index (κ3) is 1.85. The molecule has 0 amide bonds. The van der Waals surface area contributed by atoms with Crippen molar-refractivity contribution < 1.29 is 4.74 Å². The molecule has 1 aliphatic rings. The molecule has 0 atom stereocenters. The lowest BCUT2D eigenvalue weighted by molar-refractivity contribution is 0.470. The summed E-state index contributed by atoms with van der Waals surface area (Å²) in [7, 11) is 0. The molecular formula is C9H9NOS3. The van der Waals surface area contributed by atoms with Crippen LogP contribution >= 0.6 is 35.0 Å². The molecule has 0 spiro atoms. The van der Waals surface area contributed by atoms with Gasteiger partial charge in [0.25, 0.3) is 0 Å². The second-order valence-electron chi connectivity index (χ2n) is 2.72. The van der Waals surface area contributed by atoms with Crippen molar-refractivity contribution in [1.82, 2.24) is 0 Å². The van der Waals surface area contributed by atoms with Crippen LogP contribution in [0.4, 0.5) is 0 Å². The van der Waals surface area contributed by atoms with Crippen LogP contribution in [0.2, 0.25) is 0 Å². The monoisotopic (exact) mass is 243 g/mol. The Balaban J connectivity index is 2.36. The number of aryl methyl sites for hydroxylation is 1. The van der Waals surface area contributed by atoms with Crippen LogP contribution < -0.4 is 0 Å². The Morgan fingerprint density at radius 1 is 1.57 bits per heavy atom. The van der Waals surface area contributed by atoms with Gasteiger partial charge in [-0.1, -0.05) is 0 Å². The number of nitrogens with zero attached hydrogens (tertiary/aromatic N) is 1. The van der Waals surface area contributed by atoms with Gasteiger partial charge in [-0.2, -0.15) is 4.40 Å². The molecule has 0 saturated carbocycles. The molecule has 0 fully saturated rings. The fourth-order valence-corrected chi connectivity index (χ4v) is 3.39. The van der Waals surface area contributed by atoms with Crippen molar-refractivity contribution in [3.8, 4) is 0 Å². The zero-order chi connectivity index (χ0) is 10.1. The zero-order valence-corrected chi connectivity index (χ0v) is 10.3. The standard InChI is InChI=1S/C9H9NOS3/c1-5-4-7(9(12-3)13-5)8-10-14-6(2)11-8/h4H,2H2,1,3H3. The van der Waals surface area contributed by atoms with Gasteiger partial charge in [-0.3, -0.25) is 0 Å². The second kappa shape index (κ2) is 4.00. The molecule has 1 aromatic rings. The summed E-state index contributed by atoms with van der Waals surface area (Å²) in [5.41, 5.74) is 1.09. The van der Waals surface area contributed by atoms with Gasteiger partial charge < -0.3 is 4.74 Å². The lowest BCUT2D eigenvalue weighted by Gasteiger charge is -1.99. The van der Waals surface area contributed by atoms with E-state index in [9.17, 15) is 0 Å². The summed E-state index contributed by atoms with van der Waals surface area (Å²) >= 11 is 4.78. The number of thioether (sulfide) groups is 1. The highest BCUT2D eigenvalue weighted by atomic mass is 32.2. The Bertz CT molecular complexity index is 408. The van der Waals surface area contributed by atoms with Crippen LogP contribution in [0.25, 0.3) is 0 Å². The minimum Gasteiger partial charge on any atom is -0.430 e. The molecule has 2 nitrogen and oxygen atoms in total. The van der Waals surface area contributed by atoms with Crippen LogP contribution in [0.1, 0.15) is 10.4 Å². The predicted octanol–water partition coefficient (Wildman–Crippen LogP) is 3.67. The minimum atomic E-state index is 0.649. The molecule has 2 rings (SSSR count). The second-order valence-corrected chi connectivity index (χ2v) is 5.88. The van der Waals surface area contributed by atoms with Gasteiger partial charge in [0.2, 0.25) is 5.90 Å². The van der Waals surface area contributed by atoms with E-state index >= 15 is 0 Å². The van der Waals surface area contributed by atoms with Gasteiger partial charge in [-0.05, 0) is 25.8 Å². The van der Waals surface area contributed by atoms with Crippen LogP contribution in [0.3, 0.4) is 0 Å². The number of ether oxygens (including phenoxy) is 1. The summed E-state index contributed by atoms with van der Waals surface area (Å²) in [5, 5.41) is 0.649. The third-order valence-electron chi connectivity index (χ3n) is 1.68. The van der Waals surface area contributed by atoms with E-state index < -0.39 is 0 Å². The zero-order valence-electron chi connectivity index (χ0n) is 7.86. The van der Waals surface area contributed by atoms with Crippen LogP contribution in [0.15, 0.2) is 26.3 Å². The van der Waals surface area contributed by atoms with Crippen molar-refractivity contribution in [3.63, 3.8) is 0 Å². The van der Waals surface area contributed by atoms with E-state index in [4.69, 9.17) is 4.74 Å². The van der Waals surface area contributed by atoms with Crippen molar-refractivity contribution in [2.24, 2.45) is 4.40 Å². The number of thiophene rings is 1. The summed E-state index contributed by atoms with van der Waals surface area (Å²) in [6, 6.07) is 2.11. The molecule has 0 radical (unpaired) electrons. The van der Waals surface area contributed by atoms with Gasteiger partial charge in [-0.15, -0.1) is 23.1 Å². The summed E-state index contributed by atoms with van der Waals surface area (Å²) in [4.78, 5) is 1.28. The molecular weight excluding hydrogens is 234 g/mol. The van der Waals surface area contributed by atoms with E-state index in [-0.39, 0.29) is 0 Å². The van der Waals surface area contributed by atoms with Crippen LogP contribution in [0.5, 0.6) is 0 Å². The topological polar surface area (TPSA) is 21.6 Å². The van der Waals surface area contributed by atoms with Gasteiger partial charge in [-0.25, -0.2) is 0 Å². The first kappa shape index (κ1) is 10.1. The van der Waals surface area contributed by atoms with Gasteiger partial charge >= 0.3 is 0 Å². The minimum absolute atomic E-state index is 0.649. The molecule has 0 saturated heterocycles. The van der Waals surface area contributed by atoms with Gasteiger partial charge in [0.15, 0.2) is 5.09 Å². The molecule has 0 aliphatic carbocycles. The van der Waals surface area contributed by atoms with E-state index in [1.807, 2.05) is 0 Å². The fraction of sp³-hybridized carbons (Fsp3) is 0.222. The summed E-state index contributed by atoms with van der Waals surface area (Å²) in [5.74, 6) is 0.689. The number of hydrogen-bond donors (Lipinski definition) is 0. The van der Waals surface area contributed by atoms with Gasteiger partial charge in [0, 0.05) is 4.88 Å². The maximum Gasteiger partial charge on any atom is 0.236 e. The van der Waals surface area contributed by atoms with Crippen LogP contribution in [-0.4, -0.2) is 12.2 Å². The first-order chi connectivity index (χ1) is 6.70. The molecule has 0 aromatic carbocycles. The lowest BCUT2D eigenvalue weighted by atomic mass is 10.3. The van der Waals surface area contributed by atoms with Crippen molar-refractivity contribution in [3.05, 3.63) is 28.2 Å². The Morgan fingerprint density at radius 3 is 2.93 bits per heavy atom. The normalized spacial score (nSPS) is 15.6. The molecule has 1 aromatic heterocycles. The summed E-state index contributed by atoms with van der Waals surface area (Å²) < 4.78 is 10.9. The Kier molecular flexibility index (Phi) is 2.90. The first-order valence-corrected chi connectivity index (χ1v) is 6.78. The molecule has 0 unspecified atom stereocenters. The predicted molar refractivity (Wildman–Crippen MR) is 65.2 cm³/mol. The first-order valence-electron chi connectivity index (χ1n) is 3.97. The van der Waals surface area contributed by atoms with E-state index in [1.165, 1.54) is 21.0 Å².